The van der Waals surface area contributed by atoms with Gasteiger partial charge in [-0.2, -0.15) is 0 Å². The minimum Gasteiger partial charge on any atom is -0.506 e. The van der Waals surface area contributed by atoms with Crippen LogP contribution < -0.4 is 19.5 Å². The first-order valence-electron chi connectivity index (χ1n) is 10.2. The average Bonchev–Trinajstić information content (AvgIpc) is 2.73. The molecule has 1 aliphatic carbocycles. The summed E-state index contributed by atoms with van der Waals surface area (Å²) in [6.07, 6.45) is 3.39. The fourth-order valence-corrected chi connectivity index (χ4v) is 4.26. The largest absolute Gasteiger partial charge is 0.506 e. The Hall–Kier alpha value is -2.49. The highest BCUT2D eigenvalue weighted by Gasteiger charge is 2.19. The first kappa shape index (κ1) is 23.2. The summed E-state index contributed by atoms with van der Waals surface area (Å²) in [5.41, 5.74) is 2.74. The molecule has 0 saturated heterocycles. The van der Waals surface area contributed by atoms with Gasteiger partial charge in [-0.3, -0.25) is 4.72 Å². The van der Waals surface area contributed by atoms with Crippen LogP contribution >= 0.6 is 0 Å². The van der Waals surface area contributed by atoms with E-state index in [2.05, 4.69) is 22.2 Å². The van der Waals surface area contributed by atoms with Gasteiger partial charge in [-0.15, -0.1) is 0 Å². The third-order valence-electron chi connectivity index (χ3n) is 5.26. The standard InChI is InChI=1S/C22H30N2O6S/c1-29-19-6-5-16-9-15(3-4-17(16)10-19)12-23-13-18(25)14-30-20-7-8-22(26)21(11-20)24-31(2,27)28/h5-8,10-11,15,18,23-26H,3-4,9,12-14H2,1-2H3/t15-,18+/m1/s1. The van der Waals surface area contributed by atoms with Gasteiger partial charge in [0, 0.05) is 12.6 Å². The number of fused-ring (bicyclic) bond motifs is 1. The molecule has 0 aromatic heterocycles. The van der Waals surface area contributed by atoms with E-state index in [1.807, 2.05) is 6.07 Å². The summed E-state index contributed by atoms with van der Waals surface area (Å²) in [7, 11) is -1.84. The smallest absolute Gasteiger partial charge is 0.229 e. The van der Waals surface area contributed by atoms with Gasteiger partial charge in [-0.25, -0.2) is 8.42 Å². The Balaban J connectivity index is 1.42. The third-order valence-corrected chi connectivity index (χ3v) is 5.85. The summed E-state index contributed by atoms with van der Waals surface area (Å²) in [6, 6.07) is 10.5. The van der Waals surface area contributed by atoms with Crippen LogP contribution in [-0.2, 0) is 22.9 Å². The molecule has 0 saturated carbocycles. The first-order valence-corrected chi connectivity index (χ1v) is 12.1. The number of nitrogens with one attached hydrogen (secondary N) is 2. The quantitative estimate of drug-likeness (QED) is 0.409. The van der Waals surface area contributed by atoms with Crippen molar-refractivity contribution >= 4 is 15.7 Å². The van der Waals surface area contributed by atoms with Gasteiger partial charge in [0.1, 0.15) is 30.0 Å². The van der Waals surface area contributed by atoms with Gasteiger partial charge in [0.15, 0.2) is 0 Å². The maximum absolute atomic E-state index is 11.4. The van der Waals surface area contributed by atoms with E-state index in [9.17, 15) is 18.6 Å². The van der Waals surface area contributed by atoms with Crippen LogP contribution in [0.25, 0.3) is 0 Å². The van der Waals surface area contributed by atoms with E-state index in [1.165, 1.54) is 29.3 Å². The molecule has 0 unspecified atom stereocenters. The van der Waals surface area contributed by atoms with Crippen LogP contribution in [0, 0.1) is 5.92 Å². The van der Waals surface area contributed by atoms with E-state index >= 15 is 0 Å². The number of phenols is 1. The number of rotatable bonds is 10. The number of aliphatic hydroxyl groups excluding tert-OH is 1. The average molecular weight is 451 g/mol. The zero-order valence-electron chi connectivity index (χ0n) is 17.8. The molecule has 0 bridgehead atoms. The Morgan fingerprint density at radius 1 is 1.16 bits per heavy atom. The number of benzene rings is 2. The Morgan fingerprint density at radius 3 is 2.68 bits per heavy atom. The normalized spacial score (nSPS) is 16.9. The SMILES string of the molecule is COc1ccc2c(c1)CC[C@@H](CNC[C@H](O)COc1ccc(O)c(NS(C)(=O)=O)c1)C2. The van der Waals surface area contributed by atoms with Crippen LogP contribution in [0.4, 0.5) is 5.69 Å². The van der Waals surface area contributed by atoms with Crippen molar-refractivity contribution in [2.75, 3.05) is 37.8 Å². The third kappa shape index (κ3) is 7.02. The number of methoxy groups -OCH3 is 1. The van der Waals surface area contributed by atoms with E-state index in [0.29, 0.717) is 18.2 Å². The second-order valence-corrected chi connectivity index (χ2v) is 9.67. The second kappa shape index (κ2) is 10.2. The number of anilines is 1. The molecule has 31 heavy (non-hydrogen) atoms. The molecule has 3 rings (SSSR count). The number of phenolic OH excluding ortho intramolecular Hbond substituents is 1. The Labute approximate surface area is 183 Å². The number of sulfonamides is 1. The predicted molar refractivity (Wildman–Crippen MR) is 119 cm³/mol. The molecule has 0 aliphatic heterocycles. The minimum atomic E-state index is -3.52. The highest BCUT2D eigenvalue weighted by molar-refractivity contribution is 7.92. The number of aliphatic hydroxyl groups is 1. The molecule has 0 spiro atoms. The molecular formula is C22H30N2O6S. The van der Waals surface area contributed by atoms with Gasteiger partial charge in [-0.1, -0.05) is 6.07 Å². The van der Waals surface area contributed by atoms with Crippen LogP contribution in [0.15, 0.2) is 36.4 Å². The van der Waals surface area contributed by atoms with Crippen molar-refractivity contribution in [3.8, 4) is 17.2 Å². The zero-order chi connectivity index (χ0) is 22.4. The lowest BCUT2D eigenvalue weighted by molar-refractivity contribution is 0.105. The van der Waals surface area contributed by atoms with Crippen LogP contribution in [0.5, 0.6) is 17.2 Å². The summed E-state index contributed by atoms with van der Waals surface area (Å²) in [5.74, 6) is 1.55. The van der Waals surface area contributed by atoms with Crippen molar-refractivity contribution in [3.05, 3.63) is 47.5 Å². The molecular weight excluding hydrogens is 420 g/mol. The molecule has 0 amide bonds. The Kier molecular flexibility index (Phi) is 7.64. The minimum absolute atomic E-state index is 0.0304. The van der Waals surface area contributed by atoms with Crippen LogP contribution in [-0.4, -0.2) is 57.8 Å². The molecule has 9 heteroatoms. The highest BCUT2D eigenvalue weighted by Crippen LogP contribution is 2.29. The molecule has 0 fully saturated rings. The number of aromatic hydroxyl groups is 1. The van der Waals surface area contributed by atoms with E-state index < -0.39 is 16.1 Å². The van der Waals surface area contributed by atoms with Gasteiger partial charge < -0.3 is 25.0 Å². The summed E-state index contributed by atoms with van der Waals surface area (Å²) < 4.78 is 35.8. The molecule has 2 aromatic carbocycles. The fraction of sp³-hybridized carbons (Fsp3) is 0.455. The number of aryl methyl sites for hydroxylation is 1. The Morgan fingerprint density at radius 2 is 1.94 bits per heavy atom. The predicted octanol–water partition coefficient (Wildman–Crippen LogP) is 1.91. The van der Waals surface area contributed by atoms with E-state index in [0.717, 1.165) is 37.8 Å². The van der Waals surface area contributed by atoms with Crippen molar-refractivity contribution in [3.63, 3.8) is 0 Å². The fourth-order valence-electron chi connectivity index (χ4n) is 3.70. The van der Waals surface area contributed by atoms with E-state index in [4.69, 9.17) is 9.47 Å². The van der Waals surface area contributed by atoms with Crippen molar-refractivity contribution < 1.29 is 28.1 Å². The summed E-state index contributed by atoms with van der Waals surface area (Å²) in [5, 5.41) is 23.3. The summed E-state index contributed by atoms with van der Waals surface area (Å²) in [6.45, 7) is 1.24. The topological polar surface area (TPSA) is 117 Å². The summed E-state index contributed by atoms with van der Waals surface area (Å²) in [4.78, 5) is 0. The summed E-state index contributed by atoms with van der Waals surface area (Å²) >= 11 is 0. The molecule has 4 N–H and O–H groups in total. The second-order valence-electron chi connectivity index (χ2n) is 7.92. The lowest BCUT2D eigenvalue weighted by Gasteiger charge is -2.25. The molecule has 2 aromatic rings. The highest BCUT2D eigenvalue weighted by atomic mass is 32.2. The maximum atomic E-state index is 11.4. The molecule has 8 nitrogen and oxygen atoms in total. The lowest BCUT2D eigenvalue weighted by atomic mass is 9.84. The van der Waals surface area contributed by atoms with Gasteiger partial charge in [0.05, 0.1) is 19.1 Å². The van der Waals surface area contributed by atoms with Gasteiger partial charge in [0.25, 0.3) is 0 Å². The monoisotopic (exact) mass is 450 g/mol. The van der Waals surface area contributed by atoms with E-state index in [-0.39, 0.29) is 18.0 Å². The first-order chi connectivity index (χ1) is 14.7. The van der Waals surface area contributed by atoms with Crippen molar-refractivity contribution in [1.29, 1.82) is 0 Å². The van der Waals surface area contributed by atoms with E-state index in [1.54, 1.807) is 7.11 Å². The number of ether oxygens (including phenoxy) is 2. The van der Waals surface area contributed by atoms with Gasteiger partial charge >= 0.3 is 0 Å². The molecule has 2 atom stereocenters. The lowest BCUT2D eigenvalue weighted by Crippen LogP contribution is -2.35. The molecule has 0 radical (unpaired) electrons. The number of hydrogen-bond donors (Lipinski definition) is 4. The van der Waals surface area contributed by atoms with Crippen LogP contribution in [0.1, 0.15) is 17.5 Å². The van der Waals surface area contributed by atoms with Crippen LogP contribution in [0.3, 0.4) is 0 Å². The van der Waals surface area contributed by atoms with Crippen LogP contribution in [0.2, 0.25) is 0 Å². The molecule has 0 heterocycles. The van der Waals surface area contributed by atoms with Crippen molar-refractivity contribution in [2.24, 2.45) is 5.92 Å². The van der Waals surface area contributed by atoms with Gasteiger partial charge in [0.2, 0.25) is 10.0 Å². The zero-order valence-corrected chi connectivity index (χ0v) is 18.6. The van der Waals surface area contributed by atoms with Crippen molar-refractivity contribution in [2.45, 2.75) is 25.4 Å². The molecule has 170 valence electrons. The maximum Gasteiger partial charge on any atom is 0.229 e. The Bertz CT molecular complexity index is 995. The van der Waals surface area contributed by atoms with Crippen molar-refractivity contribution in [1.82, 2.24) is 5.32 Å². The van der Waals surface area contributed by atoms with Gasteiger partial charge in [-0.05, 0) is 67.1 Å². The molecule has 1 aliphatic rings. The number of hydrogen-bond acceptors (Lipinski definition) is 7.